The molecule has 5 nitrogen and oxygen atoms in total. The lowest BCUT2D eigenvalue weighted by Gasteiger charge is -2.36. The van der Waals surface area contributed by atoms with E-state index < -0.39 is 0 Å². The van der Waals surface area contributed by atoms with Crippen LogP contribution in [0.3, 0.4) is 0 Å². The number of hydrogen-bond donors (Lipinski definition) is 0. The molecule has 3 heterocycles. The van der Waals surface area contributed by atoms with Gasteiger partial charge in [0.2, 0.25) is 0 Å². The van der Waals surface area contributed by atoms with Crippen molar-refractivity contribution in [3.63, 3.8) is 0 Å². The van der Waals surface area contributed by atoms with Gasteiger partial charge in [-0.25, -0.2) is 13.9 Å². The second kappa shape index (κ2) is 6.22. The van der Waals surface area contributed by atoms with Crippen LogP contribution in [0.15, 0.2) is 41.1 Å². The highest BCUT2D eigenvalue weighted by atomic mass is 79.9. The Morgan fingerprint density at radius 1 is 1.40 bits per heavy atom. The van der Waals surface area contributed by atoms with Crippen molar-refractivity contribution in [1.29, 1.82) is 0 Å². The highest BCUT2D eigenvalue weighted by Crippen LogP contribution is 2.33. The van der Waals surface area contributed by atoms with Crippen LogP contribution in [0.5, 0.6) is 0 Å². The van der Waals surface area contributed by atoms with E-state index in [4.69, 9.17) is 0 Å². The van der Waals surface area contributed by atoms with Crippen LogP contribution in [0, 0.1) is 5.82 Å². The molecule has 2 aromatic heterocycles. The van der Waals surface area contributed by atoms with Gasteiger partial charge in [-0.3, -0.25) is 4.79 Å². The van der Waals surface area contributed by atoms with Gasteiger partial charge in [0, 0.05) is 25.0 Å². The van der Waals surface area contributed by atoms with E-state index in [9.17, 15) is 9.18 Å². The molecule has 1 unspecified atom stereocenters. The van der Waals surface area contributed by atoms with Gasteiger partial charge in [-0.2, -0.15) is 5.10 Å². The topological polar surface area (TPSA) is 50.5 Å². The molecular weight excluding hydrogens is 387 g/mol. The lowest BCUT2D eigenvalue weighted by atomic mass is 9.90. The summed E-state index contributed by atoms with van der Waals surface area (Å²) in [5, 5.41) is 4.35. The summed E-state index contributed by atoms with van der Waals surface area (Å²) >= 11 is 3.35. The maximum absolute atomic E-state index is 13.7. The lowest BCUT2D eigenvalue weighted by Crippen LogP contribution is -2.40. The lowest BCUT2D eigenvalue weighted by molar-refractivity contribution is 0.0648. The van der Waals surface area contributed by atoms with Crippen LogP contribution in [-0.4, -0.2) is 31.9 Å². The second-order valence-electron chi connectivity index (χ2n) is 6.12. The molecule has 0 saturated heterocycles. The minimum atomic E-state index is -0.270. The Hall–Kier alpha value is -2.28. The first-order chi connectivity index (χ1) is 12.1. The molecule has 128 valence electrons. The molecule has 25 heavy (non-hydrogen) atoms. The molecule has 1 aromatic carbocycles. The molecule has 0 spiro atoms. The molecule has 0 fully saturated rings. The average Bonchev–Trinajstić information content (AvgIpc) is 3.03. The number of nitrogens with zero attached hydrogens (tertiary/aromatic N) is 4. The Kier molecular flexibility index (Phi) is 4.03. The van der Waals surface area contributed by atoms with E-state index in [1.165, 1.54) is 6.07 Å². The number of fused-ring (bicyclic) bond motifs is 2. The number of amides is 1. The first kappa shape index (κ1) is 16.2. The number of aromatic nitrogens is 3. The summed E-state index contributed by atoms with van der Waals surface area (Å²) in [6.07, 6.45) is 4.87. The van der Waals surface area contributed by atoms with Crippen molar-refractivity contribution in [2.75, 3.05) is 6.54 Å². The number of halogens is 2. The highest BCUT2D eigenvalue weighted by molar-refractivity contribution is 9.10. The molecule has 0 aliphatic carbocycles. The molecule has 0 N–H and O–H groups in total. The summed E-state index contributed by atoms with van der Waals surface area (Å²) in [7, 11) is 0. The fraction of sp³-hybridized carbons (Fsp3) is 0.278. The van der Waals surface area contributed by atoms with Crippen LogP contribution < -0.4 is 0 Å². The van der Waals surface area contributed by atoms with Crippen LogP contribution in [0.25, 0.3) is 5.65 Å². The van der Waals surface area contributed by atoms with E-state index in [-0.39, 0.29) is 17.8 Å². The summed E-state index contributed by atoms with van der Waals surface area (Å²) in [4.78, 5) is 19.1. The van der Waals surface area contributed by atoms with Gasteiger partial charge in [0.1, 0.15) is 5.82 Å². The molecule has 1 atom stereocenters. The maximum atomic E-state index is 13.7. The first-order valence-corrected chi connectivity index (χ1v) is 8.96. The SMILES string of the molecule is CCC1c2cc(F)ccc2CCN1C(=O)c1cc2ncc(Br)cn2n1. The third-order valence-electron chi connectivity index (χ3n) is 4.61. The number of rotatable bonds is 2. The Morgan fingerprint density at radius 3 is 3.04 bits per heavy atom. The van der Waals surface area contributed by atoms with Crippen LogP contribution in [0.4, 0.5) is 4.39 Å². The number of carbonyl (C=O) groups excluding carboxylic acids is 1. The smallest absolute Gasteiger partial charge is 0.274 e. The molecule has 3 aromatic rings. The predicted octanol–water partition coefficient (Wildman–Crippen LogP) is 3.78. The van der Waals surface area contributed by atoms with Crippen molar-refractivity contribution in [3.05, 3.63) is 63.8 Å². The zero-order valence-corrected chi connectivity index (χ0v) is 15.2. The quantitative estimate of drug-likeness (QED) is 0.655. The van der Waals surface area contributed by atoms with Gasteiger partial charge in [-0.1, -0.05) is 13.0 Å². The van der Waals surface area contributed by atoms with Gasteiger partial charge in [0.05, 0.1) is 10.5 Å². The third-order valence-corrected chi connectivity index (χ3v) is 5.02. The normalized spacial score (nSPS) is 16.9. The van der Waals surface area contributed by atoms with Crippen molar-refractivity contribution < 1.29 is 9.18 Å². The predicted molar refractivity (Wildman–Crippen MR) is 94.9 cm³/mol. The van der Waals surface area contributed by atoms with E-state index >= 15 is 0 Å². The molecule has 1 aliphatic rings. The molecule has 1 amide bonds. The second-order valence-corrected chi connectivity index (χ2v) is 7.04. The van der Waals surface area contributed by atoms with E-state index in [0.717, 1.165) is 28.4 Å². The van der Waals surface area contributed by atoms with Crippen LogP contribution >= 0.6 is 15.9 Å². The van der Waals surface area contributed by atoms with Gasteiger partial charge >= 0.3 is 0 Å². The molecule has 0 radical (unpaired) electrons. The van der Waals surface area contributed by atoms with E-state index in [0.29, 0.717) is 17.9 Å². The van der Waals surface area contributed by atoms with E-state index in [2.05, 4.69) is 26.0 Å². The standard InChI is InChI=1S/C18H16BrFN4O/c1-2-16-14-7-13(20)4-3-11(14)5-6-23(16)18(25)15-8-17-21-9-12(19)10-24(17)22-15/h3-4,7-10,16H,2,5-6H2,1H3. The minimum Gasteiger partial charge on any atom is -0.330 e. The number of hydrogen-bond acceptors (Lipinski definition) is 3. The molecule has 0 bridgehead atoms. The van der Waals surface area contributed by atoms with E-state index in [1.54, 1.807) is 33.9 Å². The molecule has 1 aliphatic heterocycles. The van der Waals surface area contributed by atoms with Gasteiger partial charge in [0.15, 0.2) is 11.3 Å². The molecule has 0 saturated carbocycles. The number of benzene rings is 1. The van der Waals surface area contributed by atoms with Crippen molar-refractivity contribution in [1.82, 2.24) is 19.5 Å². The molecule has 7 heteroatoms. The largest absolute Gasteiger partial charge is 0.330 e. The third kappa shape index (κ3) is 2.82. The first-order valence-electron chi connectivity index (χ1n) is 8.17. The van der Waals surface area contributed by atoms with Gasteiger partial charge in [0.25, 0.3) is 5.91 Å². The summed E-state index contributed by atoms with van der Waals surface area (Å²) in [6.45, 7) is 2.61. The van der Waals surface area contributed by atoms with Gasteiger partial charge < -0.3 is 4.90 Å². The Morgan fingerprint density at radius 2 is 2.24 bits per heavy atom. The minimum absolute atomic E-state index is 0.142. The van der Waals surface area contributed by atoms with Gasteiger partial charge in [-0.15, -0.1) is 0 Å². The number of carbonyl (C=O) groups is 1. The summed E-state index contributed by atoms with van der Waals surface area (Å²) in [5.74, 6) is -0.420. The van der Waals surface area contributed by atoms with Crippen LogP contribution in [-0.2, 0) is 6.42 Å². The zero-order chi connectivity index (χ0) is 17.6. The average molecular weight is 403 g/mol. The van der Waals surface area contributed by atoms with Crippen molar-refractivity contribution in [3.8, 4) is 0 Å². The van der Waals surface area contributed by atoms with Crippen molar-refractivity contribution >= 4 is 27.5 Å². The summed E-state index contributed by atoms with van der Waals surface area (Å²) in [6, 6.07) is 6.39. The van der Waals surface area contributed by atoms with E-state index in [1.807, 2.05) is 13.0 Å². The van der Waals surface area contributed by atoms with Crippen molar-refractivity contribution in [2.45, 2.75) is 25.8 Å². The summed E-state index contributed by atoms with van der Waals surface area (Å²) < 4.78 is 16.1. The molecule has 4 rings (SSSR count). The van der Waals surface area contributed by atoms with Gasteiger partial charge in [-0.05, 0) is 52.0 Å². The Labute approximate surface area is 152 Å². The highest BCUT2D eigenvalue weighted by Gasteiger charge is 2.31. The fourth-order valence-corrected chi connectivity index (χ4v) is 3.75. The Bertz CT molecular complexity index is 971. The Balaban J connectivity index is 1.71. The fourth-order valence-electron chi connectivity index (χ4n) is 3.46. The monoisotopic (exact) mass is 402 g/mol. The molecular formula is C18H16BrFN4O. The maximum Gasteiger partial charge on any atom is 0.274 e. The van der Waals surface area contributed by atoms with Crippen molar-refractivity contribution in [2.24, 2.45) is 0 Å². The summed E-state index contributed by atoms with van der Waals surface area (Å²) in [5.41, 5.74) is 2.97. The van der Waals surface area contributed by atoms with Crippen LogP contribution in [0.2, 0.25) is 0 Å². The van der Waals surface area contributed by atoms with Crippen LogP contribution in [0.1, 0.15) is 41.0 Å². The zero-order valence-electron chi connectivity index (χ0n) is 13.6.